The fourth-order valence-electron chi connectivity index (χ4n) is 2.47. The van der Waals surface area contributed by atoms with Crippen molar-refractivity contribution < 1.29 is 14.3 Å². The van der Waals surface area contributed by atoms with E-state index in [2.05, 4.69) is 11.8 Å². The maximum atomic E-state index is 12.0. The highest BCUT2D eigenvalue weighted by Gasteiger charge is 2.31. The quantitative estimate of drug-likeness (QED) is 0.631. The van der Waals surface area contributed by atoms with Gasteiger partial charge in [-0.3, -0.25) is 0 Å². The SMILES string of the molecule is COC(=O)C1=C(C#Cc2ccccc2)C(c2ccccc2)OC1. The van der Waals surface area contributed by atoms with Gasteiger partial charge in [0.2, 0.25) is 0 Å². The van der Waals surface area contributed by atoms with E-state index in [0.29, 0.717) is 11.1 Å². The van der Waals surface area contributed by atoms with E-state index in [-0.39, 0.29) is 18.7 Å². The van der Waals surface area contributed by atoms with E-state index in [1.54, 1.807) is 0 Å². The van der Waals surface area contributed by atoms with Crippen molar-refractivity contribution in [1.29, 1.82) is 0 Å². The molecule has 0 saturated carbocycles. The number of rotatable bonds is 2. The van der Waals surface area contributed by atoms with E-state index in [0.717, 1.165) is 11.1 Å². The Labute approximate surface area is 135 Å². The molecule has 0 saturated heterocycles. The molecule has 3 heteroatoms. The Kier molecular flexibility index (Phi) is 4.56. The first-order chi connectivity index (χ1) is 11.3. The van der Waals surface area contributed by atoms with Gasteiger partial charge in [-0.05, 0) is 17.7 Å². The molecule has 0 N–H and O–H groups in total. The molecule has 0 bridgehead atoms. The molecule has 0 fully saturated rings. The van der Waals surface area contributed by atoms with E-state index in [1.807, 2.05) is 60.7 Å². The normalized spacial score (nSPS) is 16.7. The Morgan fingerprint density at radius 3 is 2.35 bits per heavy atom. The molecule has 1 aliphatic heterocycles. The maximum Gasteiger partial charge on any atom is 0.337 e. The zero-order valence-electron chi connectivity index (χ0n) is 12.8. The lowest BCUT2D eigenvalue weighted by Gasteiger charge is -2.11. The summed E-state index contributed by atoms with van der Waals surface area (Å²) in [6.07, 6.45) is -0.332. The van der Waals surface area contributed by atoms with Gasteiger partial charge in [0, 0.05) is 11.1 Å². The van der Waals surface area contributed by atoms with Gasteiger partial charge in [0.1, 0.15) is 6.10 Å². The number of hydrogen-bond acceptors (Lipinski definition) is 3. The molecule has 2 aromatic carbocycles. The van der Waals surface area contributed by atoms with Gasteiger partial charge >= 0.3 is 5.97 Å². The molecule has 0 aliphatic carbocycles. The molecule has 114 valence electrons. The third kappa shape index (κ3) is 3.33. The summed E-state index contributed by atoms with van der Waals surface area (Å²) < 4.78 is 10.7. The molecule has 1 heterocycles. The van der Waals surface area contributed by atoms with Crippen LogP contribution in [0.1, 0.15) is 17.2 Å². The highest BCUT2D eigenvalue weighted by atomic mass is 16.5. The van der Waals surface area contributed by atoms with Crippen LogP contribution in [0.15, 0.2) is 71.8 Å². The highest BCUT2D eigenvalue weighted by Crippen LogP contribution is 2.34. The second-order valence-electron chi connectivity index (χ2n) is 5.10. The molecule has 23 heavy (non-hydrogen) atoms. The minimum absolute atomic E-state index is 0.213. The van der Waals surface area contributed by atoms with Crippen molar-refractivity contribution in [2.45, 2.75) is 6.10 Å². The van der Waals surface area contributed by atoms with Crippen LogP contribution in [-0.2, 0) is 14.3 Å². The average molecular weight is 304 g/mol. The molecule has 3 rings (SSSR count). The molecule has 1 atom stereocenters. The fourth-order valence-corrected chi connectivity index (χ4v) is 2.47. The molecule has 0 spiro atoms. The Morgan fingerprint density at radius 1 is 1.04 bits per heavy atom. The van der Waals surface area contributed by atoms with E-state index in [4.69, 9.17) is 9.47 Å². The zero-order chi connectivity index (χ0) is 16.1. The number of hydrogen-bond donors (Lipinski definition) is 0. The number of methoxy groups -OCH3 is 1. The van der Waals surface area contributed by atoms with Crippen molar-refractivity contribution in [3.63, 3.8) is 0 Å². The van der Waals surface area contributed by atoms with Crippen LogP contribution in [0.4, 0.5) is 0 Å². The van der Waals surface area contributed by atoms with Crippen LogP contribution in [0.2, 0.25) is 0 Å². The summed E-state index contributed by atoms with van der Waals surface area (Å²) in [6, 6.07) is 19.4. The molecular weight excluding hydrogens is 288 g/mol. The highest BCUT2D eigenvalue weighted by molar-refractivity contribution is 5.91. The van der Waals surface area contributed by atoms with E-state index in [1.165, 1.54) is 7.11 Å². The summed E-state index contributed by atoms with van der Waals surface area (Å²) in [7, 11) is 1.37. The van der Waals surface area contributed by atoms with Gasteiger partial charge in [-0.2, -0.15) is 0 Å². The second-order valence-corrected chi connectivity index (χ2v) is 5.10. The van der Waals surface area contributed by atoms with Gasteiger partial charge in [0.15, 0.2) is 0 Å². The van der Waals surface area contributed by atoms with Gasteiger partial charge in [0.25, 0.3) is 0 Å². The van der Waals surface area contributed by atoms with Crippen LogP contribution in [-0.4, -0.2) is 19.7 Å². The summed E-state index contributed by atoms with van der Waals surface area (Å²) in [5.74, 6) is 5.83. The lowest BCUT2D eigenvalue weighted by Crippen LogP contribution is -2.07. The minimum atomic E-state index is -0.388. The van der Waals surface area contributed by atoms with Gasteiger partial charge in [-0.1, -0.05) is 60.4 Å². The topological polar surface area (TPSA) is 35.5 Å². The molecule has 0 amide bonds. The van der Waals surface area contributed by atoms with Crippen molar-refractivity contribution in [3.05, 3.63) is 82.9 Å². The zero-order valence-corrected chi connectivity index (χ0v) is 12.8. The lowest BCUT2D eigenvalue weighted by atomic mass is 9.99. The largest absolute Gasteiger partial charge is 0.466 e. The molecule has 1 unspecified atom stereocenters. The van der Waals surface area contributed by atoms with Crippen molar-refractivity contribution in [2.24, 2.45) is 0 Å². The van der Waals surface area contributed by atoms with Crippen LogP contribution in [0.25, 0.3) is 0 Å². The standard InChI is InChI=1S/C20H16O3/c1-22-20(21)18-14-23-19(16-10-6-3-7-11-16)17(18)13-12-15-8-4-2-5-9-15/h2-11,19H,14H2,1H3. The molecule has 2 aromatic rings. The Morgan fingerprint density at radius 2 is 1.70 bits per heavy atom. The van der Waals surface area contributed by atoms with Crippen LogP contribution in [0, 0.1) is 11.8 Å². The lowest BCUT2D eigenvalue weighted by molar-refractivity contribution is -0.136. The Balaban J connectivity index is 2.01. The monoisotopic (exact) mass is 304 g/mol. The first kappa shape index (κ1) is 15.1. The summed E-state index contributed by atoms with van der Waals surface area (Å²) >= 11 is 0. The summed E-state index contributed by atoms with van der Waals surface area (Å²) in [5.41, 5.74) is 3.03. The summed E-state index contributed by atoms with van der Waals surface area (Å²) in [4.78, 5) is 12.0. The Bertz CT molecular complexity index is 780. The van der Waals surface area contributed by atoms with E-state index < -0.39 is 0 Å². The molecule has 3 nitrogen and oxygen atoms in total. The smallest absolute Gasteiger partial charge is 0.337 e. The summed E-state index contributed by atoms with van der Waals surface area (Å²) in [6.45, 7) is 0.213. The predicted molar refractivity (Wildman–Crippen MR) is 87.5 cm³/mol. The van der Waals surface area contributed by atoms with Gasteiger partial charge in [-0.15, -0.1) is 0 Å². The third-order valence-electron chi connectivity index (χ3n) is 3.63. The number of ether oxygens (including phenoxy) is 2. The van der Waals surface area contributed by atoms with E-state index in [9.17, 15) is 4.79 Å². The fraction of sp³-hybridized carbons (Fsp3) is 0.150. The van der Waals surface area contributed by atoms with Gasteiger partial charge in [0.05, 0.1) is 19.3 Å². The molecular formula is C20H16O3. The van der Waals surface area contributed by atoms with Crippen molar-refractivity contribution >= 4 is 5.97 Å². The maximum absolute atomic E-state index is 12.0. The number of carbonyl (C=O) groups excluding carboxylic acids is 1. The van der Waals surface area contributed by atoms with Crippen molar-refractivity contribution in [2.75, 3.05) is 13.7 Å². The minimum Gasteiger partial charge on any atom is -0.466 e. The van der Waals surface area contributed by atoms with Crippen LogP contribution in [0.3, 0.4) is 0 Å². The van der Waals surface area contributed by atoms with Gasteiger partial charge in [-0.25, -0.2) is 4.79 Å². The molecule has 0 aromatic heterocycles. The molecule has 1 aliphatic rings. The number of esters is 1. The number of carbonyl (C=O) groups is 1. The third-order valence-corrected chi connectivity index (χ3v) is 3.63. The first-order valence-electron chi connectivity index (χ1n) is 7.34. The van der Waals surface area contributed by atoms with Gasteiger partial charge < -0.3 is 9.47 Å². The Hall–Kier alpha value is -2.83. The van der Waals surface area contributed by atoms with Crippen LogP contribution < -0.4 is 0 Å². The number of benzene rings is 2. The van der Waals surface area contributed by atoms with Crippen LogP contribution in [0.5, 0.6) is 0 Å². The average Bonchev–Trinajstić information content (AvgIpc) is 3.05. The second kappa shape index (κ2) is 6.95. The predicted octanol–water partition coefficient (Wildman–Crippen LogP) is 3.28. The van der Waals surface area contributed by atoms with Crippen molar-refractivity contribution in [3.8, 4) is 11.8 Å². The van der Waals surface area contributed by atoms with Crippen molar-refractivity contribution in [1.82, 2.24) is 0 Å². The molecule has 0 radical (unpaired) electrons. The summed E-state index contributed by atoms with van der Waals surface area (Å²) in [5, 5.41) is 0. The first-order valence-corrected chi connectivity index (χ1v) is 7.34. The van der Waals surface area contributed by atoms with Crippen LogP contribution >= 0.6 is 0 Å². The van der Waals surface area contributed by atoms with E-state index >= 15 is 0 Å².